The van der Waals surface area contributed by atoms with E-state index in [0.717, 1.165) is 12.8 Å². The number of hydrogen-bond donors (Lipinski definition) is 1. The van der Waals surface area contributed by atoms with E-state index in [2.05, 4.69) is 5.32 Å². The van der Waals surface area contributed by atoms with Gasteiger partial charge in [-0.15, -0.1) is 0 Å². The lowest BCUT2D eigenvalue weighted by Crippen LogP contribution is -2.41. The maximum Gasteiger partial charge on any atom is 0.325 e. The van der Waals surface area contributed by atoms with Crippen molar-refractivity contribution in [3.63, 3.8) is 0 Å². The monoisotopic (exact) mass is 164 g/mol. The number of nitrogens with one attached hydrogen (secondary N) is 1. The highest BCUT2D eigenvalue weighted by Crippen LogP contribution is 2.17. The summed E-state index contributed by atoms with van der Waals surface area (Å²) in [5.41, 5.74) is 0. The largest absolute Gasteiger partial charge is 0.335 e. The molecule has 1 heterocycles. The van der Waals surface area contributed by atoms with Crippen molar-refractivity contribution in [1.29, 1.82) is 0 Å². The number of rotatable bonds is 1. The predicted molar refractivity (Wildman–Crippen MR) is 46.0 cm³/mol. The van der Waals surface area contributed by atoms with Crippen molar-refractivity contribution < 1.29 is 4.79 Å². The van der Waals surface area contributed by atoms with E-state index in [9.17, 15) is 4.79 Å². The lowest BCUT2D eigenvalue weighted by atomic mass is 9.93. The first kappa shape index (κ1) is 7.40. The number of hydrogen-bond acceptors (Lipinski definition) is 1. The summed E-state index contributed by atoms with van der Waals surface area (Å²) < 4.78 is 1.57. The standard InChI is InChI=1S/C9H12N2O/c12-9(10-8-4-3-5-8)11-6-1-2-7-11/h1-2,6-8H,3-5H2,(H,10,12). The van der Waals surface area contributed by atoms with Gasteiger partial charge in [0.05, 0.1) is 0 Å². The minimum absolute atomic E-state index is 0.00954. The fraction of sp³-hybridized carbons (Fsp3) is 0.444. The van der Waals surface area contributed by atoms with Gasteiger partial charge in [-0.25, -0.2) is 4.79 Å². The Morgan fingerprint density at radius 2 is 2.00 bits per heavy atom. The molecular formula is C9H12N2O. The van der Waals surface area contributed by atoms with Gasteiger partial charge < -0.3 is 5.32 Å². The molecule has 0 bridgehead atoms. The lowest BCUT2D eigenvalue weighted by molar-refractivity contribution is 0.230. The van der Waals surface area contributed by atoms with Crippen molar-refractivity contribution in [2.75, 3.05) is 0 Å². The van der Waals surface area contributed by atoms with E-state index in [0.29, 0.717) is 6.04 Å². The molecule has 3 heteroatoms. The van der Waals surface area contributed by atoms with E-state index in [1.54, 1.807) is 17.0 Å². The Bertz CT molecular complexity index is 262. The Morgan fingerprint density at radius 3 is 2.50 bits per heavy atom. The van der Waals surface area contributed by atoms with E-state index in [1.165, 1.54) is 6.42 Å². The number of amides is 1. The lowest BCUT2D eigenvalue weighted by Gasteiger charge is -2.26. The molecule has 0 atom stereocenters. The van der Waals surface area contributed by atoms with Gasteiger partial charge in [0.1, 0.15) is 0 Å². The molecule has 0 spiro atoms. The Hall–Kier alpha value is -1.25. The van der Waals surface area contributed by atoms with Gasteiger partial charge in [0.2, 0.25) is 0 Å². The molecule has 0 aromatic carbocycles. The van der Waals surface area contributed by atoms with Crippen molar-refractivity contribution in [2.45, 2.75) is 25.3 Å². The van der Waals surface area contributed by atoms with Gasteiger partial charge in [-0.05, 0) is 31.4 Å². The molecule has 1 amide bonds. The average molecular weight is 164 g/mol. The van der Waals surface area contributed by atoms with Crippen LogP contribution >= 0.6 is 0 Å². The zero-order chi connectivity index (χ0) is 8.39. The van der Waals surface area contributed by atoms with E-state index in [-0.39, 0.29) is 6.03 Å². The molecule has 1 N–H and O–H groups in total. The molecule has 64 valence electrons. The fourth-order valence-corrected chi connectivity index (χ4v) is 1.27. The summed E-state index contributed by atoms with van der Waals surface area (Å²) in [6.45, 7) is 0. The summed E-state index contributed by atoms with van der Waals surface area (Å²) in [6.07, 6.45) is 7.03. The van der Waals surface area contributed by atoms with Crippen LogP contribution in [0, 0.1) is 0 Å². The van der Waals surface area contributed by atoms with Crippen molar-refractivity contribution in [3.8, 4) is 0 Å². The molecule has 1 saturated carbocycles. The third-order valence-corrected chi connectivity index (χ3v) is 2.27. The zero-order valence-corrected chi connectivity index (χ0v) is 6.86. The maximum atomic E-state index is 11.4. The molecule has 3 nitrogen and oxygen atoms in total. The van der Waals surface area contributed by atoms with Crippen molar-refractivity contribution in [1.82, 2.24) is 9.88 Å². The van der Waals surface area contributed by atoms with Crippen LogP contribution in [0.25, 0.3) is 0 Å². The Morgan fingerprint density at radius 1 is 1.33 bits per heavy atom. The van der Waals surface area contributed by atoms with Crippen molar-refractivity contribution in [2.24, 2.45) is 0 Å². The van der Waals surface area contributed by atoms with Gasteiger partial charge in [0.25, 0.3) is 0 Å². The van der Waals surface area contributed by atoms with Crippen LogP contribution in [0.2, 0.25) is 0 Å². The Balaban J connectivity index is 1.92. The molecular weight excluding hydrogens is 152 g/mol. The van der Waals surface area contributed by atoms with Crippen LogP contribution in [-0.2, 0) is 0 Å². The Labute approximate surface area is 71.4 Å². The van der Waals surface area contributed by atoms with Crippen molar-refractivity contribution in [3.05, 3.63) is 24.5 Å². The highest BCUT2D eigenvalue weighted by atomic mass is 16.2. The van der Waals surface area contributed by atoms with E-state index in [1.807, 2.05) is 12.1 Å². The number of carbonyl (C=O) groups excluding carboxylic acids is 1. The molecule has 0 saturated heterocycles. The summed E-state index contributed by atoms with van der Waals surface area (Å²) in [5, 5.41) is 2.94. The molecule has 0 aliphatic heterocycles. The van der Waals surface area contributed by atoms with E-state index >= 15 is 0 Å². The number of carbonyl (C=O) groups is 1. The smallest absolute Gasteiger partial charge is 0.325 e. The molecule has 0 radical (unpaired) electrons. The van der Waals surface area contributed by atoms with Crippen LogP contribution in [0.1, 0.15) is 19.3 Å². The van der Waals surface area contributed by atoms with Crippen LogP contribution in [0.15, 0.2) is 24.5 Å². The Kier molecular flexibility index (Phi) is 1.86. The molecule has 0 unspecified atom stereocenters. The highest BCUT2D eigenvalue weighted by Gasteiger charge is 2.19. The first-order valence-electron chi connectivity index (χ1n) is 4.30. The van der Waals surface area contributed by atoms with E-state index < -0.39 is 0 Å². The summed E-state index contributed by atoms with van der Waals surface area (Å²) in [6, 6.07) is 4.10. The minimum Gasteiger partial charge on any atom is -0.335 e. The normalized spacial score (nSPS) is 17.0. The summed E-state index contributed by atoms with van der Waals surface area (Å²) in [4.78, 5) is 11.4. The van der Waals surface area contributed by atoms with Gasteiger partial charge in [0.15, 0.2) is 0 Å². The molecule has 1 aromatic heterocycles. The molecule has 1 aliphatic rings. The third-order valence-electron chi connectivity index (χ3n) is 2.27. The van der Waals surface area contributed by atoms with Crippen LogP contribution < -0.4 is 5.32 Å². The average Bonchev–Trinajstić information content (AvgIpc) is 2.47. The quantitative estimate of drug-likeness (QED) is 0.672. The molecule has 1 aromatic rings. The summed E-state index contributed by atoms with van der Waals surface area (Å²) >= 11 is 0. The summed E-state index contributed by atoms with van der Waals surface area (Å²) in [7, 11) is 0. The molecule has 12 heavy (non-hydrogen) atoms. The minimum atomic E-state index is -0.00954. The number of aromatic nitrogens is 1. The SMILES string of the molecule is O=C(NC1CCC1)n1cccc1. The first-order valence-corrected chi connectivity index (χ1v) is 4.30. The maximum absolute atomic E-state index is 11.4. The van der Waals surface area contributed by atoms with Gasteiger partial charge in [-0.1, -0.05) is 0 Å². The highest BCUT2D eigenvalue weighted by molar-refractivity contribution is 5.77. The van der Waals surface area contributed by atoms with Gasteiger partial charge in [-0.2, -0.15) is 0 Å². The zero-order valence-electron chi connectivity index (χ0n) is 6.86. The van der Waals surface area contributed by atoms with Gasteiger partial charge in [0, 0.05) is 18.4 Å². The topological polar surface area (TPSA) is 34.0 Å². The first-order chi connectivity index (χ1) is 5.86. The molecule has 2 rings (SSSR count). The van der Waals surface area contributed by atoms with Crippen LogP contribution in [0.3, 0.4) is 0 Å². The predicted octanol–water partition coefficient (Wildman–Crippen LogP) is 1.60. The molecule has 1 aliphatic carbocycles. The second kappa shape index (κ2) is 3.01. The molecule has 1 fully saturated rings. The summed E-state index contributed by atoms with van der Waals surface area (Å²) in [5.74, 6) is 0. The second-order valence-corrected chi connectivity index (χ2v) is 3.17. The van der Waals surface area contributed by atoms with Crippen molar-refractivity contribution >= 4 is 6.03 Å². The fourth-order valence-electron chi connectivity index (χ4n) is 1.27. The van der Waals surface area contributed by atoms with Gasteiger partial charge in [-0.3, -0.25) is 4.57 Å². The van der Waals surface area contributed by atoms with Crippen LogP contribution in [0.4, 0.5) is 4.79 Å². The third kappa shape index (κ3) is 1.35. The van der Waals surface area contributed by atoms with E-state index in [4.69, 9.17) is 0 Å². The van der Waals surface area contributed by atoms with Gasteiger partial charge >= 0.3 is 6.03 Å². The van der Waals surface area contributed by atoms with Crippen LogP contribution in [-0.4, -0.2) is 16.6 Å². The number of nitrogens with zero attached hydrogens (tertiary/aromatic N) is 1. The second-order valence-electron chi connectivity index (χ2n) is 3.17. The van der Waals surface area contributed by atoms with Crippen LogP contribution in [0.5, 0.6) is 0 Å².